The number of ketones is 1. The maximum Gasteiger partial charge on any atom is 0.290 e. The van der Waals surface area contributed by atoms with Crippen LogP contribution in [0.3, 0.4) is 0 Å². The summed E-state index contributed by atoms with van der Waals surface area (Å²) in [5.74, 6) is -0.729. The molecule has 3 rings (SSSR count). The third kappa shape index (κ3) is 2.54. The number of rotatable bonds is 4. The monoisotopic (exact) mass is 289 g/mol. The molecule has 5 heteroatoms. The first kappa shape index (κ1) is 13.1. The lowest BCUT2D eigenvalue weighted by Crippen LogP contribution is -2.21. The highest BCUT2D eigenvalue weighted by Gasteiger charge is 2.18. The highest BCUT2D eigenvalue weighted by Crippen LogP contribution is 2.31. The van der Waals surface area contributed by atoms with Gasteiger partial charge in [0.2, 0.25) is 0 Å². The van der Waals surface area contributed by atoms with Crippen LogP contribution in [0.4, 0.5) is 0 Å². The maximum absolute atomic E-state index is 11.6. The maximum atomic E-state index is 11.6. The van der Waals surface area contributed by atoms with Gasteiger partial charge in [0.1, 0.15) is 5.75 Å². The molecule has 1 aliphatic rings. The van der Waals surface area contributed by atoms with Gasteiger partial charge < -0.3 is 10.5 Å². The third-order valence-electron chi connectivity index (χ3n) is 3.54. The number of nitrogens with two attached hydrogens (primary N) is 1. The highest BCUT2D eigenvalue weighted by molar-refractivity contribution is 7.21. The van der Waals surface area contributed by atoms with E-state index in [0.29, 0.717) is 11.0 Å². The van der Waals surface area contributed by atoms with Gasteiger partial charge in [-0.05, 0) is 55.3 Å². The second-order valence-electron chi connectivity index (χ2n) is 5.03. The molecule has 1 aliphatic carbocycles. The average Bonchev–Trinajstić information content (AvgIpc) is 3.06. The van der Waals surface area contributed by atoms with Crippen LogP contribution in [-0.4, -0.2) is 17.8 Å². The zero-order chi connectivity index (χ0) is 14.1. The molecule has 0 bridgehead atoms. The Morgan fingerprint density at radius 2 is 1.95 bits per heavy atom. The lowest BCUT2D eigenvalue weighted by atomic mass is 10.2. The van der Waals surface area contributed by atoms with Crippen molar-refractivity contribution in [3.05, 3.63) is 29.1 Å². The van der Waals surface area contributed by atoms with Crippen LogP contribution in [0.5, 0.6) is 5.75 Å². The lowest BCUT2D eigenvalue weighted by Gasteiger charge is -2.12. The fourth-order valence-electron chi connectivity index (χ4n) is 2.52. The van der Waals surface area contributed by atoms with Crippen molar-refractivity contribution in [3.8, 4) is 5.75 Å². The molecule has 2 aromatic rings. The number of hydrogen-bond acceptors (Lipinski definition) is 4. The quantitative estimate of drug-likeness (QED) is 0.695. The van der Waals surface area contributed by atoms with Crippen LogP contribution in [0.1, 0.15) is 35.4 Å². The molecule has 0 spiro atoms. The number of ether oxygens (including phenoxy) is 1. The molecule has 0 radical (unpaired) electrons. The van der Waals surface area contributed by atoms with Crippen molar-refractivity contribution in [2.75, 3.05) is 0 Å². The molecule has 1 saturated carbocycles. The van der Waals surface area contributed by atoms with Crippen LogP contribution in [0.25, 0.3) is 10.1 Å². The SMILES string of the molecule is NC(=O)C(=O)c1cc2ccc(OC3CCCC3)cc2s1. The molecule has 0 aliphatic heterocycles. The Morgan fingerprint density at radius 3 is 2.65 bits per heavy atom. The van der Waals surface area contributed by atoms with E-state index in [1.807, 2.05) is 18.2 Å². The number of carbonyl (C=O) groups excluding carboxylic acids is 2. The average molecular weight is 289 g/mol. The molecule has 1 amide bonds. The minimum absolute atomic E-state index is 0.305. The van der Waals surface area contributed by atoms with Crippen LogP contribution in [0.15, 0.2) is 24.3 Å². The number of thiophene rings is 1. The van der Waals surface area contributed by atoms with Gasteiger partial charge in [-0.2, -0.15) is 0 Å². The van der Waals surface area contributed by atoms with E-state index in [0.717, 1.165) is 28.7 Å². The first-order valence-electron chi connectivity index (χ1n) is 6.68. The van der Waals surface area contributed by atoms with Gasteiger partial charge in [-0.1, -0.05) is 0 Å². The molecule has 20 heavy (non-hydrogen) atoms. The van der Waals surface area contributed by atoms with Gasteiger partial charge in [0.15, 0.2) is 0 Å². The van der Waals surface area contributed by atoms with Crippen molar-refractivity contribution in [2.24, 2.45) is 5.73 Å². The topological polar surface area (TPSA) is 69.4 Å². The Labute approximate surface area is 120 Å². The van der Waals surface area contributed by atoms with E-state index in [-0.39, 0.29) is 0 Å². The van der Waals surface area contributed by atoms with Crippen molar-refractivity contribution >= 4 is 33.1 Å². The predicted octanol–water partition coefficient (Wildman–Crippen LogP) is 2.89. The zero-order valence-corrected chi connectivity index (χ0v) is 11.7. The van der Waals surface area contributed by atoms with E-state index in [4.69, 9.17) is 10.5 Å². The van der Waals surface area contributed by atoms with Crippen LogP contribution >= 0.6 is 11.3 Å². The van der Waals surface area contributed by atoms with Gasteiger partial charge in [-0.25, -0.2) is 0 Å². The minimum atomic E-state index is -0.918. The Hall–Kier alpha value is -1.88. The van der Waals surface area contributed by atoms with Crippen LogP contribution in [0.2, 0.25) is 0 Å². The van der Waals surface area contributed by atoms with Gasteiger partial charge in [-0.15, -0.1) is 11.3 Å². The number of fused-ring (bicyclic) bond motifs is 1. The fourth-order valence-corrected chi connectivity index (χ4v) is 3.55. The first-order valence-corrected chi connectivity index (χ1v) is 7.49. The van der Waals surface area contributed by atoms with Gasteiger partial charge in [0.25, 0.3) is 11.7 Å². The second kappa shape index (κ2) is 5.25. The fraction of sp³-hybridized carbons (Fsp3) is 0.333. The third-order valence-corrected chi connectivity index (χ3v) is 4.64. The summed E-state index contributed by atoms with van der Waals surface area (Å²) in [6.45, 7) is 0. The molecule has 0 saturated heterocycles. The predicted molar refractivity (Wildman–Crippen MR) is 78.2 cm³/mol. The van der Waals surface area contributed by atoms with Gasteiger partial charge in [0.05, 0.1) is 11.0 Å². The summed E-state index contributed by atoms with van der Waals surface area (Å²) in [5.41, 5.74) is 5.02. The zero-order valence-electron chi connectivity index (χ0n) is 10.9. The summed E-state index contributed by atoms with van der Waals surface area (Å²) in [4.78, 5) is 22.9. The molecule has 104 valence electrons. The van der Waals surface area contributed by atoms with Gasteiger partial charge in [0, 0.05) is 4.70 Å². The van der Waals surface area contributed by atoms with Gasteiger partial charge >= 0.3 is 0 Å². The number of Topliss-reactive ketones (excluding diaryl/α,β-unsaturated/α-hetero) is 1. The van der Waals surface area contributed by atoms with E-state index in [9.17, 15) is 9.59 Å². The molecular formula is C15H15NO3S. The van der Waals surface area contributed by atoms with Crippen molar-refractivity contribution in [2.45, 2.75) is 31.8 Å². The summed E-state index contributed by atoms with van der Waals surface area (Å²) in [6, 6.07) is 7.45. The van der Waals surface area contributed by atoms with E-state index in [1.165, 1.54) is 24.2 Å². The van der Waals surface area contributed by atoms with Crippen molar-refractivity contribution in [1.29, 1.82) is 0 Å². The molecule has 4 nitrogen and oxygen atoms in total. The summed E-state index contributed by atoms with van der Waals surface area (Å²) in [7, 11) is 0. The van der Waals surface area contributed by atoms with E-state index in [1.54, 1.807) is 6.07 Å². The first-order chi connectivity index (χ1) is 9.63. The van der Waals surface area contributed by atoms with Crippen LogP contribution < -0.4 is 10.5 Å². The summed E-state index contributed by atoms with van der Waals surface area (Å²) in [5, 5.41) is 0.929. The smallest absolute Gasteiger partial charge is 0.290 e. The molecular weight excluding hydrogens is 274 g/mol. The number of benzene rings is 1. The van der Waals surface area contributed by atoms with Crippen molar-refractivity contribution in [3.63, 3.8) is 0 Å². The van der Waals surface area contributed by atoms with E-state index in [2.05, 4.69) is 0 Å². The number of primary amides is 1. The Bertz CT molecular complexity index is 671. The Balaban J connectivity index is 1.86. The molecule has 1 aromatic heterocycles. The number of amides is 1. The van der Waals surface area contributed by atoms with Crippen LogP contribution in [-0.2, 0) is 4.79 Å². The molecule has 2 N–H and O–H groups in total. The molecule has 0 unspecified atom stereocenters. The highest BCUT2D eigenvalue weighted by atomic mass is 32.1. The normalized spacial score (nSPS) is 15.6. The standard InChI is InChI=1S/C15H15NO3S/c16-15(18)14(17)13-7-9-5-6-11(8-12(9)20-13)19-10-3-1-2-4-10/h5-8,10H,1-4H2,(H2,16,18). The molecule has 1 aromatic carbocycles. The van der Waals surface area contributed by atoms with Gasteiger partial charge in [-0.3, -0.25) is 9.59 Å². The van der Waals surface area contributed by atoms with Crippen molar-refractivity contribution in [1.82, 2.24) is 0 Å². The molecule has 1 fully saturated rings. The van der Waals surface area contributed by atoms with E-state index >= 15 is 0 Å². The second-order valence-corrected chi connectivity index (χ2v) is 6.11. The Morgan fingerprint density at radius 1 is 1.20 bits per heavy atom. The van der Waals surface area contributed by atoms with E-state index < -0.39 is 11.7 Å². The van der Waals surface area contributed by atoms with Crippen molar-refractivity contribution < 1.29 is 14.3 Å². The summed E-state index contributed by atoms with van der Waals surface area (Å²) >= 11 is 1.28. The molecule has 0 atom stereocenters. The van der Waals surface area contributed by atoms with Crippen LogP contribution in [0, 0.1) is 0 Å². The lowest BCUT2D eigenvalue weighted by molar-refractivity contribution is -0.114. The number of carbonyl (C=O) groups is 2. The largest absolute Gasteiger partial charge is 0.490 e. The molecule has 1 heterocycles. The summed E-state index contributed by atoms with van der Waals surface area (Å²) < 4.78 is 6.87. The summed E-state index contributed by atoms with van der Waals surface area (Å²) in [6.07, 6.45) is 4.97. The Kier molecular flexibility index (Phi) is 3.44. The number of hydrogen-bond donors (Lipinski definition) is 1. The minimum Gasteiger partial charge on any atom is -0.490 e.